The van der Waals surface area contributed by atoms with Gasteiger partial charge in [0.25, 0.3) is 0 Å². The molecule has 1 heteroatoms. The maximum absolute atomic E-state index is 5.72. The molecule has 0 radical (unpaired) electrons. The van der Waals surface area contributed by atoms with Crippen molar-refractivity contribution in [2.45, 2.75) is 45.6 Å². The van der Waals surface area contributed by atoms with E-state index in [9.17, 15) is 0 Å². The van der Waals surface area contributed by atoms with Crippen LogP contribution in [-0.4, -0.2) is 6.61 Å². The summed E-state index contributed by atoms with van der Waals surface area (Å²) in [7, 11) is 0. The second kappa shape index (κ2) is 6.05. The fourth-order valence-electron chi connectivity index (χ4n) is 2.42. The Morgan fingerprint density at radius 3 is 2.50 bits per heavy atom. The Morgan fingerprint density at radius 2 is 1.81 bits per heavy atom. The van der Waals surface area contributed by atoms with Gasteiger partial charge < -0.3 is 4.74 Å². The van der Waals surface area contributed by atoms with Crippen molar-refractivity contribution in [2.75, 3.05) is 6.61 Å². The number of hydrogen-bond acceptors (Lipinski definition) is 1. The van der Waals surface area contributed by atoms with Gasteiger partial charge in [-0.25, -0.2) is 0 Å². The Balaban J connectivity index is 1.62. The Labute approximate surface area is 98.8 Å². The SMILES string of the molecule is Cc1ccc(COCCC2CCCC2)cc1. The third-order valence-corrected chi connectivity index (χ3v) is 3.53. The quantitative estimate of drug-likeness (QED) is 0.676. The lowest BCUT2D eigenvalue weighted by Gasteiger charge is -2.09. The molecule has 0 saturated heterocycles. The molecule has 1 fully saturated rings. The first-order valence-corrected chi connectivity index (χ1v) is 6.48. The summed E-state index contributed by atoms with van der Waals surface area (Å²) < 4.78 is 5.72. The molecule has 0 spiro atoms. The van der Waals surface area contributed by atoms with E-state index in [0.717, 1.165) is 19.1 Å². The van der Waals surface area contributed by atoms with Crippen molar-refractivity contribution in [3.63, 3.8) is 0 Å². The molecular weight excluding hydrogens is 196 g/mol. The fraction of sp³-hybridized carbons (Fsp3) is 0.600. The van der Waals surface area contributed by atoms with Gasteiger partial charge in [-0.15, -0.1) is 0 Å². The van der Waals surface area contributed by atoms with Crippen molar-refractivity contribution in [3.8, 4) is 0 Å². The highest BCUT2D eigenvalue weighted by Crippen LogP contribution is 2.27. The first-order valence-electron chi connectivity index (χ1n) is 6.48. The maximum Gasteiger partial charge on any atom is 0.0716 e. The van der Waals surface area contributed by atoms with Crippen LogP contribution in [-0.2, 0) is 11.3 Å². The molecule has 0 N–H and O–H groups in total. The standard InChI is InChI=1S/C15H22O/c1-13-6-8-15(9-7-13)12-16-11-10-14-4-2-3-5-14/h6-9,14H,2-5,10-12H2,1H3. The van der Waals surface area contributed by atoms with Crippen LogP contribution in [0.3, 0.4) is 0 Å². The molecule has 0 aliphatic heterocycles. The van der Waals surface area contributed by atoms with Crippen molar-refractivity contribution in [1.29, 1.82) is 0 Å². The monoisotopic (exact) mass is 218 g/mol. The summed E-state index contributed by atoms with van der Waals surface area (Å²) in [6.07, 6.45) is 6.97. The molecule has 1 aliphatic rings. The molecule has 16 heavy (non-hydrogen) atoms. The van der Waals surface area contributed by atoms with E-state index in [1.807, 2.05) is 0 Å². The topological polar surface area (TPSA) is 9.23 Å². The lowest BCUT2D eigenvalue weighted by atomic mass is 10.1. The summed E-state index contributed by atoms with van der Waals surface area (Å²) in [5.41, 5.74) is 2.60. The Hall–Kier alpha value is -0.820. The third kappa shape index (κ3) is 3.64. The first kappa shape index (κ1) is 11.7. The summed E-state index contributed by atoms with van der Waals surface area (Å²) >= 11 is 0. The van der Waals surface area contributed by atoms with Gasteiger partial charge in [0.2, 0.25) is 0 Å². The van der Waals surface area contributed by atoms with E-state index in [2.05, 4.69) is 31.2 Å². The molecule has 0 bridgehead atoms. The Bertz CT molecular complexity index is 296. The largest absolute Gasteiger partial charge is 0.377 e. The van der Waals surface area contributed by atoms with Gasteiger partial charge in [-0.1, -0.05) is 55.5 Å². The minimum atomic E-state index is 0.771. The van der Waals surface area contributed by atoms with Crippen LogP contribution < -0.4 is 0 Å². The number of hydrogen-bond donors (Lipinski definition) is 0. The highest BCUT2D eigenvalue weighted by Gasteiger charge is 2.14. The minimum Gasteiger partial charge on any atom is -0.377 e. The molecule has 1 nitrogen and oxygen atoms in total. The van der Waals surface area contributed by atoms with Crippen molar-refractivity contribution in [1.82, 2.24) is 0 Å². The number of aryl methyl sites for hydroxylation is 1. The highest BCUT2D eigenvalue weighted by atomic mass is 16.5. The van der Waals surface area contributed by atoms with Gasteiger partial charge in [0.05, 0.1) is 6.61 Å². The van der Waals surface area contributed by atoms with Gasteiger partial charge >= 0.3 is 0 Å². The van der Waals surface area contributed by atoms with E-state index in [4.69, 9.17) is 4.74 Å². The maximum atomic E-state index is 5.72. The molecular formula is C15H22O. The predicted octanol–water partition coefficient (Wildman–Crippen LogP) is 4.09. The summed E-state index contributed by atoms with van der Waals surface area (Å²) in [6.45, 7) is 3.82. The zero-order chi connectivity index (χ0) is 11.2. The van der Waals surface area contributed by atoms with Crippen LogP contribution in [0.1, 0.15) is 43.2 Å². The van der Waals surface area contributed by atoms with Gasteiger partial charge in [-0.05, 0) is 24.8 Å². The van der Waals surface area contributed by atoms with Crippen LogP contribution in [0.2, 0.25) is 0 Å². The summed E-state index contributed by atoms with van der Waals surface area (Å²) in [5.74, 6) is 0.943. The smallest absolute Gasteiger partial charge is 0.0716 e. The van der Waals surface area contributed by atoms with Crippen molar-refractivity contribution >= 4 is 0 Å². The van der Waals surface area contributed by atoms with Crippen LogP contribution in [0.15, 0.2) is 24.3 Å². The number of ether oxygens (including phenoxy) is 1. The minimum absolute atomic E-state index is 0.771. The van der Waals surface area contributed by atoms with Crippen LogP contribution in [0, 0.1) is 12.8 Å². The lowest BCUT2D eigenvalue weighted by molar-refractivity contribution is 0.108. The molecule has 1 aliphatic carbocycles. The van der Waals surface area contributed by atoms with Crippen molar-refractivity contribution in [3.05, 3.63) is 35.4 Å². The molecule has 1 aromatic rings. The van der Waals surface area contributed by atoms with E-state index in [1.54, 1.807) is 0 Å². The van der Waals surface area contributed by atoms with Crippen molar-refractivity contribution < 1.29 is 4.74 Å². The number of benzene rings is 1. The van der Waals surface area contributed by atoms with E-state index in [0.29, 0.717) is 0 Å². The van der Waals surface area contributed by atoms with Gasteiger partial charge in [-0.3, -0.25) is 0 Å². The molecule has 0 unspecified atom stereocenters. The zero-order valence-electron chi connectivity index (χ0n) is 10.2. The second-order valence-electron chi connectivity index (χ2n) is 4.98. The predicted molar refractivity (Wildman–Crippen MR) is 67.4 cm³/mol. The molecule has 0 aromatic heterocycles. The van der Waals surface area contributed by atoms with Crippen LogP contribution in [0.4, 0.5) is 0 Å². The summed E-state index contributed by atoms with van der Waals surface area (Å²) in [4.78, 5) is 0. The van der Waals surface area contributed by atoms with Gasteiger partial charge in [0.1, 0.15) is 0 Å². The third-order valence-electron chi connectivity index (χ3n) is 3.53. The average molecular weight is 218 g/mol. The molecule has 0 heterocycles. The van der Waals surface area contributed by atoms with Crippen LogP contribution >= 0.6 is 0 Å². The average Bonchev–Trinajstić information content (AvgIpc) is 2.80. The zero-order valence-corrected chi connectivity index (χ0v) is 10.2. The molecule has 2 rings (SSSR count). The van der Waals surface area contributed by atoms with E-state index < -0.39 is 0 Å². The van der Waals surface area contributed by atoms with Gasteiger partial charge in [0.15, 0.2) is 0 Å². The highest BCUT2D eigenvalue weighted by molar-refractivity contribution is 5.20. The van der Waals surface area contributed by atoms with E-state index in [1.165, 1.54) is 43.2 Å². The van der Waals surface area contributed by atoms with Gasteiger partial charge in [0, 0.05) is 6.61 Å². The normalized spacial score (nSPS) is 16.8. The summed E-state index contributed by atoms with van der Waals surface area (Å²) in [5, 5.41) is 0. The van der Waals surface area contributed by atoms with Crippen LogP contribution in [0.25, 0.3) is 0 Å². The molecule has 1 saturated carbocycles. The summed E-state index contributed by atoms with van der Waals surface area (Å²) in [6, 6.07) is 8.61. The fourth-order valence-corrected chi connectivity index (χ4v) is 2.42. The van der Waals surface area contributed by atoms with Crippen molar-refractivity contribution in [2.24, 2.45) is 5.92 Å². The molecule has 0 amide bonds. The Kier molecular flexibility index (Phi) is 4.41. The van der Waals surface area contributed by atoms with E-state index in [-0.39, 0.29) is 0 Å². The molecule has 0 atom stereocenters. The first-order chi connectivity index (χ1) is 7.84. The Morgan fingerprint density at radius 1 is 1.12 bits per heavy atom. The lowest BCUT2D eigenvalue weighted by Crippen LogP contribution is -2.01. The van der Waals surface area contributed by atoms with E-state index >= 15 is 0 Å². The van der Waals surface area contributed by atoms with Gasteiger partial charge in [-0.2, -0.15) is 0 Å². The molecule has 1 aromatic carbocycles. The second-order valence-corrected chi connectivity index (χ2v) is 4.98. The molecule has 88 valence electrons. The van der Waals surface area contributed by atoms with Crippen LogP contribution in [0.5, 0.6) is 0 Å². The number of rotatable bonds is 5.